The van der Waals surface area contributed by atoms with Crippen LogP contribution in [0.4, 0.5) is 0 Å². The number of rotatable bonds is 5. The number of hydrogen-bond acceptors (Lipinski definition) is 5. The molecule has 8 heteroatoms. The van der Waals surface area contributed by atoms with Gasteiger partial charge in [0, 0.05) is 42.5 Å². The first-order valence-corrected chi connectivity index (χ1v) is 10.4. The number of aromatic nitrogens is 1. The summed E-state index contributed by atoms with van der Waals surface area (Å²) in [7, 11) is 1.82. The number of fused-ring (bicyclic) bond motifs is 1. The monoisotopic (exact) mass is 505 g/mol. The number of nitrogens with zero attached hydrogens (tertiary/aromatic N) is 3. The molecule has 2 N–H and O–H groups in total. The van der Waals surface area contributed by atoms with E-state index in [1.807, 2.05) is 25.3 Å². The first-order valence-electron chi connectivity index (χ1n) is 8.73. The normalized spacial score (nSPS) is 15.9. The highest BCUT2D eigenvalue weighted by molar-refractivity contribution is 14.0. The van der Waals surface area contributed by atoms with Crippen molar-refractivity contribution in [1.82, 2.24) is 20.5 Å². The Labute approximate surface area is 181 Å². The van der Waals surface area contributed by atoms with Gasteiger partial charge in [0.2, 0.25) is 0 Å². The van der Waals surface area contributed by atoms with Gasteiger partial charge in [0.1, 0.15) is 0 Å². The minimum absolute atomic E-state index is 0. The van der Waals surface area contributed by atoms with E-state index in [9.17, 15) is 0 Å². The number of aliphatic imine (C=N–C) groups is 1. The maximum absolute atomic E-state index is 4.48. The number of thiazole rings is 1. The maximum atomic E-state index is 4.48. The van der Waals surface area contributed by atoms with Crippen molar-refractivity contribution in [2.45, 2.75) is 46.3 Å². The Morgan fingerprint density at radius 1 is 1.38 bits per heavy atom. The first kappa shape index (κ1) is 21.6. The molecule has 26 heavy (non-hydrogen) atoms. The summed E-state index contributed by atoms with van der Waals surface area (Å²) in [6, 6.07) is 2.74. The summed E-state index contributed by atoms with van der Waals surface area (Å²) < 4.78 is 0. The Morgan fingerprint density at radius 2 is 2.19 bits per heavy atom. The number of guanidine groups is 1. The van der Waals surface area contributed by atoms with Crippen molar-refractivity contribution in [3.63, 3.8) is 0 Å². The van der Waals surface area contributed by atoms with Crippen LogP contribution in [0.1, 0.15) is 32.9 Å². The Hall–Kier alpha value is -0.710. The third kappa shape index (κ3) is 5.40. The lowest BCUT2D eigenvalue weighted by molar-refractivity contribution is 0.192. The van der Waals surface area contributed by atoms with Crippen molar-refractivity contribution in [2.75, 3.05) is 20.1 Å². The van der Waals surface area contributed by atoms with Gasteiger partial charge in [-0.3, -0.25) is 9.89 Å². The molecule has 0 aliphatic carbocycles. The molecule has 3 rings (SSSR count). The Balaban J connectivity index is 0.00000243. The van der Waals surface area contributed by atoms with Crippen molar-refractivity contribution in [2.24, 2.45) is 4.99 Å². The van der Waals surface area contributed by atoms with Gasteiger partial charge in [0.15, 0.2) is 5.96 Å². The minimum Gasteiger partial charge on any atom is -0.355 e. The molecule has 3 heterocycles. The van der Waals surface area contributed by atoms with Crippen LogP contribution in [-0.4, -0.2) is 42.0 Å². The molecule has 0 saturated carbocycles. The molecule has 1 aliphatic rings. The molecule has 0 fully saturated rings. The van der Waals surface area contributed by atoms with Crippen LogP contribution >= 0.6 is 46.7 Å². The van der Waals surface area contributed by atoms with Crippen molar-refractivity contribution in [3.05, 3.63) is 37.5 Å². The lowest BCUT2D eigenvalue weighted by atomic mass is 10.1. The summed E-state index contributed by atoms with van der Waals surface area (Å²) in [5.41, 5.74) is 2.61. The fraction of sp³-hybridized carbons (Fsp3) is 0.556. The van der Waals surface area contributed by atoms with E-state index in [0.29, 0.717) is 6.04 Å². The molecule has 2 aromatic heterocycles. The van der Waals surface area contributed by atoms with Crippen molar-refractivity contribution < 1.29 is 0 Å². The second-order valence-electron chi connectivity index (χ2n) is 6.49. The summed E-state index contributed by atoms with van der Waals surface area (Å²) in [5, 5.41) is 10.2. The van der Waals surface area contributed by atoms with Crippen LogP contribution in [-0.2, 0) is 19.5 Å². The summed E-state index contributed by atoms with van der Waals surface area (Å²) in [6.45, 7) is 10.3. The molecule has 1 unspecified atom stereocenters. The Kier molecular flexibility index (Phi) is 8.31. The molecule has 0 aromatic carbocycles. The van der Waals surface area contributed by atoms with Gasteiger partial charge >= 0.3 is 0 Å². The van der Waals surface area contributed by atoms with Gasteiger partial charge in [0.25, 0.3) is 0 Å². The van der Waals surface area contributed by atoms with Gasteiger partial charge in [-0.2, -0.15) is 0 Å². The number of aryl methyl sites for hydroxylation is 2. The fourth-order valence-corrected chi connectivity index (χ4v) is 4.91. The Bertz CT molecular complexity index is 740. The van der Waals surface area contributed by atoms with Gasteiger partial charge in [0.05, 0.1) is 17.2 Å². The smallest absolute Gasteiger partial charge is 0.191 e. The van der Waals surface area contributed by atoms with Crippen LogP contribution < -0.4 is 10.6 Å². The molecule has 0 spiro atoms. The zero-order chi connectivity index (χ0) is 17.8. The SMILES string of the molecule is CN=C(NCc1sc(C)nc1C)NCC(C)N1CCc2sccc2C1.I. The first-order chi connectivity index (χ1) is 12.1. The Morgan fingerprint density at radius 3 is 2.88 bits per heavy atom. The average Bonchev–Trinajstić information content (AvgIpc) is 3.19. The lowest BCUT2D eigenvalue weighted by Crippen LogP contribution is -2.47. The van der Waals surface area contributed by atoms with Crippen LogP contribution in [0.3, 0.4) is 0 Å². The quantitative estimate of drug-likeness (QED) is 0.371. The molecule has 0 saturated heterocycles. The number of nitrogens with one attached hydrogen (secondary N) is 2. The number of halogens is 1. The van der Waals surface area contributed by atoms with E-state index in [2.05, 4.69) is 50.8 Å². The summed E-state index contributed by atoms with van der Waals surface area (Å²) in [6.07, 6.45) is 1.17. The van der Waals surface area contributed by atoms with Gasteiger partial charge in [-0.25, -0.2) is 4.98 Å². The lowest BCUT2D eigenvalue weighted by Gasteiger charge is -2.32. The molecule has 0 bridgehead atoms. The maximum Gasteiger partial charge on any atom is 0.191 e. The zero-order valence-electron chi connectivity index (χ0n) is 15.8. The van der Waals surface area contributed by atoms with Gasteiger partial charge < -0.3 is 10.6 Å². The van der Waals surface area contributed by atoms with Crippen molar-refractivity contribution >= 4 is 52.6 Å². The highest BCUT2D eigenvalue weighted by atomic mass is 127. The molecule has 144 valence electrons. The van der Waals surface area contributed by atoms with Gasteiger partial charge in [-0.15, -0.1) is 46.7 Å². The number of thiophene rings is 1. The second kappa shape index (κ2) is 10.0. The third-order valence-electron chi connectivity index (χ3n) is 4.67. The van der Waals surface area contributed by atoms with E-state index >= 15 is 0 Å². The predicted molar refractivity (Wildman–Crippen MR) is 123 cm³/mol. The van der Waals surface area contributed by atoms with Crippen LogP contribution in [0.2, 0.25) is 0 Å². The largest absolute Gasteiger partial charge is 0.355 e. The number of hydrogen-bond donors (Lipinski definition) is 2. The summed E-state index contributed by atoms with van der Waals surface area (Å²) in [5.74, 6) is 0.852. The second-order valence-corrected chi connectivity index (χ2v) is 8.78. The van der Waals surface area contributed by atoms with E-state index in [-0.39, 0.29) is 24.0 Å². The minimum atomic E-state index is 0. The molecule has 0 amide bonds. The van der Waals surface area contributed by atoms with E-state index < -0.39 is 0 Å². The summed E-state index contributed by atoms with van der Waals surface area (Å²) >= 11 is 3.64. The third-order valence-corrected chi connectivity index (χ3v) is 6.76. The molecule has 2 aromatic rings. The van der Waals surface area contributed by atoms with Crippen LogP contribution in [0.15, 0.2) is 16.4 Å². The summed E-state index contributed by atoms with van der Waals surface area (Å²) in [4.78, 5) is 14.2. The standard InChI is InChI=1S/C18H27N5S2.HI/c1-12(23-7-5-16-15(11-23)6-8-24-16)9-20-18(19-4)21-10-17-13(2)22-14(3)25-17;/h6,8,12H,5,7,9-11H2,1-4H3,(H2,19,20,21);1H. The van der Waals surface area contributed by atoms with Crippen molar-refractivity contribution in [3.8, 4) is 0 Å². The topological polar surface area (TPSA) is 52.6 Å². The van der Waals surface area contributed by atoms with Crippen LogP contribution in [0, 0.1) is 13.8 Å². The van der Waals surface area contributed by atoms with E-state index in [1.54, 1.807) is 16.2 Å². The molecular formula is C18H28IN5S2. The average molecular weight is 505 g/mol. The molecule has 0 radical (unpaired) electrons. The van der Waals surface area contributed by atoms with Crippen LogP contribution in [0.25, 0.3) is 0 Å². The van der Waals surface area contributed by atoms with E-state index in [1.165, 1.54) is 16.9 Å². The van der Waals surface area contributed by atoms with E-state index in [0.717, 1.165) is 42.8 Å². The molecule has 1 aliphatic heterocycles. The fourth-order valence-electron chi connectivity index (χ4n) is 3.14. The van der Waals surface area contributed by atoms with E-state index in [4.69, 9.17) is 0 Å². The predicted octanol–water partition coefficient (Wildman–Crippen LogP) is 3.55. The molecular weight excluding hydrogens is 477 g/mol. The van der Waals surface area contributed by atoms with Crippen molar-refractivity contribution in [1.29, 1.82) is 0 Å². The zero-order valence-corrected chi connectivity index (χ0v) is 19.8. The van der Waals surface area contributed by atoms with Gasteiger partial charge in [-0.1, -0.05) is 0 Å². The van der Waals surface area contributed by atoms with Crippen LogP contribution in [0.5, 0.6) is 0 Å². The highest BCUT2D eigenvalue weighted by Crippen LogP contribution is 2.25. The molecule has 1 atom stereocenters. The van der Waals surface area contributed by atoms with Gasteiger partial charge in [-0.05, 0) is 44.2 Å². The highest BCUT2D eigenvalue weighted by Gasteiger charge is 2.21. The molecule has 5 nitrogen and oxygen atoms in total.